The molecule has 0 spiro atoms. The van der Waals surface area contributed by atoms with Crippen LogP contribution in [0, 0.1) is 0 Å². The largest absolute Gasteiger partial charge is 0.379 e. The standard InChI is InChI=1S/C18H15NO4S/c1-13(20)19-16-7-9-17(10-8-16)23-24(21,22)18-11-6-14-4-2-3-5-15(14)12-18/h2-12H,1H3,(H,19,20). The molecule has 3 rings (SSSR count). The van der Waals surface area contributed by atoms with Gasteiger partial charge in [0.25, 0.3) is 0 Å². The van der Waals surface area contributed by atoms with E-state index in [4.69, 9.17) is 4.18 Å². The average molecular weight is 341 g/mol. The Morgan fingerprint density at radius 2 is 1.58 bits per heavy atom. The summed E-state index contributed by atoms with van der Waals surface area (Å²) in [5.74, 6) is -0.0234. The topological polar surface area (TPSA) is 72.5 Å². The molecule has 0 aliphatic rings. The maximum absolute atomic E-state index is 12.4. The molecule has 0 atom stereocenters. The zero-order chi connectivity index (χ0) is 17.2. The molecule has 0 aliphatic carbocycles. The van der Waals surface area contributed by atoms with Crippen LogP contribution in [0.1, 0.15) is 6.92 Å². The number of anilines is 1. The van der Waals surface area contributed by atoms with E-state index >= 15 is 0 Å². The fourth-order valence-corrected chi connectivity index (χ4v) is 3.26. The van der Waals surface area contributed by atoms with Crippen molar-refractivity contribution in [2.75, 3.05) is 5.32 Å². The number of benzene rings is 3. The molecule has 0 heterocycles. The normalized spacial score (nSPS) is 11.2. The summed E-state index contributed by atoms with van der Waals surface area (Å²) in [5, 5.41) is 4.38. The zero-order valence-electron chi connectivity index (χ0n) is 12.9. The smallest absolute Gasteiger partial charge is 0.339 e. The molecule has 0 fully saturated rings. The van der Waals surface area contributed by atoms with Crippen LogP contribution in [0.4, 0.5) is 5.69 Å². The van der Waals surface area contributed by atoms with E-state index in [-0.39, 0.29) is 16.6 Å². The first-order valence-electron chi connectivity index (χ1n) is 7.25. The molecule has 0 saturated carbocycles. The monoisotopic (exact) mass is 341 g/mol. The van der Waals surface area contributed by atoms with Gasteiger partial charge in [0.1, 0.15) is 10.6 Å². The van der Waals surface area contributed by atoms with Crippen LogP contribution in [-0.4, -0.2) is 14.3 Å². The molecule has 5 nitrogen and oxygen atoms in total. The van der Waals surface area contributed by atoms with E-state index in [9.17, 15) is 13.2 Å². The maximum atomic E-state index is 12.4. The van der Waals surface area contributed by atoms with Gasteiger partial charge in [0, 0.05) is 12.6 Å². The van der Waals surface area contributed by atoms with E-state index in [1.54, 1.807) is 24.3 Å². The molecule has 0 aromatic heterocycles. The van der Waals surface area contributed by atoms with Gasteiger partial charge in [-0.2, -0.15) is 8.42 Å². The predicted octanol–water partition coefficient (Wildman–Crippen LogP) is 3.57. The summed E-state index contributed by atoms with van der Waals surface area (Å²) < 4.78 is 30.0. The summed E-state index contributed by atoms with van der Waals surface area (Å²) in [5.41, 5.74) is 0.568. The Morgan fingerprint density at radius 1 is 0.917 bits per heavy atom. The first-order chi connectivity index (χ1) is 11.4. The number of hydrogen-bond donors (Lipinski definition) is 1. The molecule has 3 aromatic carbocycles. The van der Waals surface area contributed by atoms with Gasteiger partial charge in [-0.3, -0.25) is 4.79 Å². The highest BCUT2D eigenvalue weighted by molar-refractivity contribution is 7.87. The Morgan fingerprint density at radius 3 is 2.25 bits per heavy atom. The minimum atomic E-state index is -3.93. The average Bonchev–Trinajstić information content (AvgIpc) is 2.55. The molecule has 122 valence electrons. The van der Waals surface area contributed by atoms with Crippen molar-refractivity contribution < 1.29 is 17.4 Å². The molecule has 0 saturated heterocycles. The Bertz CT molecular complexity index is 995. The molecule has 0 unspecified atom stereocenters. The van der Waals surface area contributed by atoms with Crippen molar-refractivity contribution in [1.82, 2.24) is 0 Å². The van der Waals surface area contributed by atoms with Crippen molar-refractivity contribution in [3.05, 3.63) is 66.7 Å². The number of nitrogens with one attached hydrogen (secondary N) is 1. The van der Waals surface area contributed by atoms with Crippen molar-refractivity contribution in [3.8, 4) is 5.75 Å². The van der Waals surface area contributed by atoms with Crippen LogP contribution in [0.2, 0.25) is 0 Å². The molecule has 0 bridgehead atoms. The van der Waals surface area contributed by atoms with Crippen molar-refractivity contribution in [1.29, 1.82) is 0 Å². The zero-order valence-corrected chi connectivity index (χ0v) is 13.7. The lowest BCUT2D eigenvalue weighted by molar-refractivity contribution is -0.114. The van der Waals surface area contributed by atoms with E-state index in [2.05, 4.69) is 5.32 Å². The lowest BCUT2D eigenvalue weighted by Crippen LogP contribution is -2.10. The SMILES string of the molecule is CC(=O)Nc1ccc(OS(=O)(=O)c2ccc3ccccc3c2)cc1. The third-order valence-corrected chi connectivity index (χ3v) is 4.63. The van der Waals surface area contributed by atoms with Gasteiger partial charge in [-0.05, 0) is 47.2 Å². The summed E-state index contributed by atoms with van der Waals surface area (Å²) in [4.78, 5) is 11.1. The summed E-state index contributed by atoms with van der Waals surface area (Å²) in [6.45, 7) is 1.40. The van der Waals surface area contributed by atoms with Gasteiger partial charge in [0.2, 0.25) is 5.91 Å². The lowest BCUT2D eigenvalue weighted by atomic mass is 10.1. The van der Waals surface area contributed by atoms with Crippen molar-refractivity contribution >= 4 is 32.5 Å². The second kappa shape index (κ2) is 6.33. The van der Waals surface area contributed by atoms with E-state index in [0.717, 1.165) is 10.8 Å². The van der Waals surface area contributed by atoms with Gasteiger partial charge in [-0.1, -0.05) is 30.3 Å². The molecule has 0 aliphatic heterocycles. The summed E-state index contributed by atoms with van der Waals surface area (Å²) in [6, 6.07) is 18.5. The van der Waals surface area contributed by atoms with Crippen molar-refractivity contribution in [2.24, 2.45) is 0 Å². The fraction of sp³-hybridized carbons (Fsp3) is 0.0556. The quantitative estimate of drug-likeness (QED) is 0.736. The number of amides is 1. The Labute approximate surface area is 140 Å². The van der Waals surface area contributed by atoms with E-state index in [1.165, 1.54) is 25.1 Å². The molecule has 6 heteroatoms. The molecule has 0 radical (unpaired) electrons. The predicted molar refractivity (Wildman–Crippen MR) is 92.5 cm³/mol. The van der Waals surface area contributed by atoms with Crippen LogP contribution in [-0.2, 0) is 14.9 Å². The van der Waals surface area contributed by atoms with Crippen molar-refractivity contribution in [3.63, 3.8) is 0 Å². The Balaban J connectivity index is 1.85. The van der Waals surface area contributed by atoms with Gasteiger partial charge < -0.3 is 9.50 Å². The highest BCUT2D eigenvalue weighted by Gasteiger charge is 2.17. The minimum absolute atomic E-state index is 0.0899. The van der Waals surface area contributed by atoms with Crippen molar-refractivity contribution in [2.45, 2.75) is 11.8 Å². The van der Waals surface area contributed by atoms with Crippen LogP contribution >= 0.6 is 0 Å². The fourth-order valence-electron chi connectivity index (χ4n) is 2.29. The van der Waals surface area contributed by atoms with Gasteiger partial charge in [-0.25, -0.2) is 0 Å². The van der Waals surface area contributed by atoms with Gasteiger partial charge in [0.15, 0.2) is 0 Å². The molecular formula is C18H15NO4S. The van der Waals surface area contributed by atoms with Crippen LogP contribution in [0.3, 0.4) is 0 Å². The van der Waals surface area contributed by atoms with E-state index < -0.39 is 10.1 Å². The first kappa shape index (κ1) is 16.0. The Hall–Kier alpha value is -2.86. The van der Waals surface area contributed by atoms with Crippen LogP contribution in [0.15, 0.2) is 71.6 Å². The molecule has 1 amide bonds. The van der Waals surface area contributed by atoms with Gasteiger partial charge >= 0.3 is 10.1 Å². The second-order valence-electron chi connectivity index (χ2n) is 5.25. The molecule has 1 N–H and O–H groups in total. The lowest BCUT2D eigenvalue weighted by Gasteiger charge is -2.09. The van der Waals surface area contributed by atoms with Crippen LogP contribution < -0.4 is 9.50 Å². The van der Waals surface area contributed by atoms with Gasteiger partial charge in [-0.15, -0.1) is 0 Å². The molecule has 24 heavy (non-hydrogen) atoms. The number of hydrogen-bond acceptors (Lipinski definition) is 4. The highest BCUT2D eigenvalue weighted by atomic mass is 32.2. The third kappa shape index (κ3) is 3.55. The summed E-state index contributed by atoms with van der Waals surface area (Å²) >= 11 is 0. The number of rotatable bonds is 4. The summed E-state index contributed by atoms with van der Waals surface area (Å²) in [7, 11) is -3.93. The number of carbonyl (C=O) groups is 1. The third-order valence-electron chi connectivity index (χ3n) is 3.39. The summed E-state index contributed by atoms with van der Waals surface area (Å²) in [6.07, 6.45) is 0. The molecular weight excluding hydrogens is 326 g/mol. The molecule has 3 aromatic rings. The van der Waals surface area contributed by atoms with Gasteiger partial charge in [0.05, 0.1) is 0 Å². The Kier molecular flexibility index (Phi) is 4.22. The second-order valence-corrected chi connectivity index (χ2v) is 6.80. The van der Waals surface area contributed by atoms with Crippen LogP contribution in [0.25, 0.3) is 10.8 Å². The van der Waals surface area contributed by atoms with E-state index in [0.29, 0.717) is 5.69 Å². The highest BCUT2D eigenvalue weighted by Crippen LogP contribution is 2.23. The number of carbonyl (C=O) groups excluding carboxylic acids is 1. The minimum Gasteiger partial charge on any atom is -0.379 e. The van der Waals surface area contributed by atoms with E-state index in [1.807, 2.05) is 24.3 Å². The first-order valence-corrected chi connectivity index (χ1v) is 8.66. The maximum Gasteiger partial charge on any atom is 0.339 e. The van der Waals surface area contributed by atoms with Crippen LogP contribution in [0.5, 0.6) is 5.75 Å². The number of fused-ring (bicyclic) bond motifs is 1.